The quantitative estimate of drug-likeness (QED) is 0.160. The van der Waals surface area contributed by atoms with Crippen molar-refractivity contribution in [2.75, 3.05) is 7.11 Å². The Morgan fingerprint density at radius 1 is 1.08 bits per heavy atom. The van der Waals surface area contributed by atoms with Crippen LogP contribution < -0.4 is 20.2 Å². The molecule has 0 aromatic heterocycles. The number of phenolic OH excluding ortho intramolecular Hbond substituents is 1. The Kier molecular flexibility index (Phi) is 10.8. The van der Waals surface area contributed by atoms with Crippen LogP contribution >= 0.6 is 23.2 Å². The fourth-order valence-corrected chi connectivity index (χ4v) is 4.09. The fraction of sp³-hybridized carbons (Fsp3) is 0.207. The number of hydrogen-bond donors (Lipinski definition) is 3. The fourth-order valence-electron chi connectivity index (χ4n) is 3.64. The molecule has 0 spiro atoms. The van der Waals surface area contributed by atoms with Crippen LogP contribution in [0.15, 0.2) is 78.4 Å². The summed E-state index contributed by atoms with van der Waals surface area (Å²) in [6, 6.07) is 16.3. The molecule has 204 valence electrons. The van der Waals surface area contributed by atoms with Crippen LogP contribution in [0.2, 0.25) is 10.0 Å². The maximum Gasteiger partial charge on any atom is 0.262 e. The summed E-state index contributed by atoms with van der Waals surface area (Å²) in [7, 11) is 1.44. The van der Waals surface area contributed by atoms with Crippen LogP contribution in [-0.4, -0.2) is 42.4 Å². The molecule has 2 amide bonds. The summed E-state index contributed by atoms with van der Waals surface area (Å²) in [6.45, 7) is 5.24. The van der Waals surface area contributed by atoms with E-state index in [4.69, 9.17) is 32.7 Å². The number of nitrogens with one attached hydrogen (secondary N) is 2. The van der Waals surface area contributed by atoms with Gasteiger partial charge in [0, 0.05) is 17.0 Å². The molecule has 0 aliphatic carbocycles. The molecule has 8 nitrogen and oxygen atoms in total. The molecule has 0 aliphatic rings. The van der Waals surface area contributed by atoms with Crippen LogP contribution in [0.4, 0.5) is 0 Å². The van der Waals surface area contributed by atoms with Crippen LogP contribution in [0.1, 0.15) is 23.6 Å². The Bertz CT molecular complexity index is 1350. The zero-order valence-corrected chi connectivity index (χ0v) is 23.0. The number of methoxy groups -OCH3 is 1. The van der Waals surface area contributed by atoms with Crippen LogP contribution in [0, 0.1) is 0 Å². The molecule has 3 aromatic carbocycles. The Hall–Kier alpha value is -4.01. The summed E-state index contributed by atoms with van der Waals surface area (Å²) in [5.74, 6) is -0.472. The smallest absolute Gasteiger partial charge is 0.262 e. The number of phenols is 1. The second-order valence-corrected chi connectivity index (χ2v) is 9.39. The molecule has 0 heterocycles. The van der Waals surface area contributed by atoms with Gasteiger partial charge in [0.25, 0.3) is 11.8 Å². The third-order valence-electron chi connectivity index (χ3n) is 5.63. The molecule has 10 heteroatoms. The standard InChI is InChI=1S/C29H29Cl2N3O5/c1-4-8-21-13-20(15-26(38-3)27(21)35)17-32-34-29(37)24(14-19-9-6-5-7-10-19)33-28(36)18(2)39-25-12-11-22(30)16-23(25)31/h4-7,9-13,15-18,24,35H,1,8,14H2,2-3H3,(H,33,36)(H,34,37)/b32-17-/t18-,24-/m1/s1. The van der Waals surface area contributed by atoms with Gasteiger partial charge in [-0.3, -0.25) is 9.59 Å². The van der Waals surface area contributed by atoms with E-state index in [1.165, 1.54) is 19.4 Å². The van der Waals surface area contributed by atoms with Gasteiger partial charge in [0.05, 0.1) is 18.3 Å². The maximum atomic E-state index is 13.1. The lowest BCUT2D eigenvalue weighted by Gasteiger charge is -2.21. The van der Waals surface area contributed by atoms with Gasteiger partial charge in [-0.2, -0.15) is 5.10 Å². The van der Waals surface area contributed by atoms with E-state index in [1.807, 2.05) is 30.3 Å². The number of aromatic hydroxyl groups is 1. The molecule has 3 N–H and O–H groups in total. The molecule has 0 radical (unpaired) electrons. The van der Waals surface area contributed by atoms with Gasteiger partial charge in [-0.15, -0.1) is 6.58 Å². The number of halogens is 2. The molecule has 0 bridgehead atoms. The third-order valence-corrected chi connectivity index (χ3v) is 6.16. The van der Waals surface area contributed by atoms with Crippen LogP contribution in [0.3, 0.4) is 0 Å². The lowest BCUT2D eigenvalue weighted by molar-refractivity contribution is -0.132. The summed E-state index contributed by atoms with van der Waals surface area (Å²) in [5, 5.41) is 17.8. The highest BCUT2D eigenvalue weighted by Crippen LogP contribution is 2.31. The van der Waals surface area contributed by atoms with Crippen LogP contribution in [0.25, 0.3) is 0 Å². The van der Waals surface area contributed by atoms with Gasteiger partial charge in [0.15, 0.2) is 17.6 Å². The zero-order valence-electron chi connectivity index (χ0n) is 21.5. The van der Waals surface area contributed by atoms with E-state index in [0.29, 0.717) is 22.6 Å². The van der Waals surface area contributed by atoms with Crippen molar-refractivity contribution in [3.8, 4) is 17.2 Å². The normalized spacial score (nSPS) is 12.4. The van der Waals surface area contributed by atoms with Crippen molar-refractivity contribution in [1.29, 1.82) is 0 Å². The highest BCUT2D eigenvalue weighted by Gasteiger charge is 2.25. The molecule has 0 aliphatic heterocycles. The van der Waals surface area contributed by atoms with Gasteiger partial charge in [-0.05, 0) is 54.8 Å². The number of allylic oxidation sites excluding steroid dienone is 1. The zero-order chi connectivity index (χ0) is 28.4. The average molecular weight is 570 g/mol. The first kappa shape index (κ1) is 29.5. The third kappa shape index (κ3) is 8.49. The van der Waals surface area contributed by atoms with Gasteiger partial charge in [-0.1, -0.05) is 59.6 Å². The van der Waals surface area contributed by atoms with E-state index < -0.39 is 24.0 Å². The summed E-state index contributed by atoms with van der Waals surface area (Å²) in [4.78, 5) is 26.1. The Morgan fingerprint density at radius 2 is 1.82 bits per heavy atom. The van der Waals surface area contributed by atoms with Gasteiger partial charge in [0.2, 0.25) is 0 Å². The minimum Gasteiger partial charge on any atom is -0.504 e. The van der Waals surface area contributed by atoms with E-state index in [9.17, 15) is 14.7 Å². The molecular formula is C29H29Cl2N3O5. The molecule has 39 heavy (non-hydrogen) atoms. The molecule has 3 rings (SSSR count). The number of carbonyl (C=O) groups is 2. The Balaban J connectivity index is 1.73. The van der Waals surface area contributed by atoms with Crippen molar-refractivity contribution in [1.82, 2.24) is 10.7 Å². The van der Waals surface area contributed by atoms with E-state index in [2.05, 4.69) is 22.4 Å². The van der Waals surface area contributed by atoms with E-state index in [1.54, 1.807) is 37.3 Å². The van der Waals surface area contributed by atoms with Crippen molar-refractivity contribution in [3.63, 3.8) is 0 Å². The number of benzene rings is 3. The van der Waals surface area contributed by atoms with E-state index in [-0.39, 0.29) is 28.7 Å². The molecule has 0 saturated heterocycles. The molecular weight excluding hydrogens is 541 g/mol. The minimum atomic E-state index is -0.953. The highest BCUT2D eigenvalue weighted by atomic mass is 35.5. The van der Waals surface area contributed by atoms with Crippen molar-refractivity contribution < 1.29 is 24.2 Å². The molecule has 0 unspecified atom stereocenters. The number of hydrazone groups is 1. The minimum absolute atomic E-state index is 0.0143. The number of nitrogens with zero attached hydrogens (tertiary/aromatic N) is 1. The Labute approximate surface area is 237 Å². The number of rotatable bonds is 12. The predicted molar refractivity (Wildman–Crippen MR) is 153 cm³/mol. The average Bonchev–Trinajstić information content (AvgIpc) is 2.92. The van der Waals surface area contributed by atoms with Crippen LogP contribution in [-0.2, 0) is 22.4 Å². The first-order valence-electron chi connectivity index (χ1n) is 12.0. The molecule has 2 atom stereocenters. The summed E-state index contributed by atoms with van der Waals surface area (Å²) < 4.78 is 10.9. The van der Waals surface area contributed by atoms with Gasteiger partial charge >= 0.3 is 0 Å². The first-order valence-corrected chi connectivity index (χ1v) is 12.8. The number of amides is 2. The SMILES string of the molecule is C=CCc1cc(/C=N\NC(=O)[C@@H](Cc2ccccc2)NC(=O)[C@@H](C)Oc2ccc(Cl)cc2Cl)cc(OC)c1O. The number of carbonyl (C=O) groups excluding carboxylic acids is 2. The van der Waals surface area contributed by atoms with E-state index in [0.717, 1.165) is 5.56 Å². The van der Waals surface area contributed by atoms with Gasteiger partial charge in [0.1, 0.15) is 11.8 Å². The first-order chi connectivity index (χ1) is 18.7. The van der Waals surface area contributed by atoms with Crippen molar-refractivity contribution in [2.24, 2.45) is 5.10 Å². The molecule has 0 fully saturated rings. The number of hydrogen-bond acceptors (Lipinski definition) is 6. The lowest BCUT2D eigenvalue weighted by Crippen LogP contribution is -2.50. The molecule has 0 saturated carbocycles. The monoisotopic (exact) mass is 569 g/mol. The van der Waals surface area contributed by atoms with Crippen molar-refractivity contribution in [2.45, 2.75) is 31.9 Å². The second kappa shape index (κ2) is 14.2. The van der Waals surface area contributed by atoms with Gasteiger partial charge in [-0.25, -0.2) is 5.43 Å². The maximum absolute atomic E-state index is 13.1. The molecule has 3 aromatic rings. The Morgan fingerprint density at radius 3 is 2.49 bits per heavy atom. The summed E-state index contributed by atoms with van der Waals surface area (Å²) in [5.41, 5.74) is 4.51. The van der Waals surface area contributed by atoms with Crippen molar-refractivity contribution >= 4 is 41.2 Å². The topological polar surface area (TPSA) is 109 Å². The van der Waals surface area contributed by atoms with E-state index >= 15 is 0 Å². The van der Waals surface area contributed by atoms with Gasteiger partial charge < -0.3 is 19.9 Å². The van der Waals surface area contributed by atoms with Crippen molar-refractivity contribution in [3.05, 3.63) is 100 Å². The van der Waals surface area contributed by atoms with Crippen LogP contribution in [0.5, 0.6) is 17.2 Å². The summed E-state index contributed by atoms with van der Waals surface area (Å²) in [6.07, 6.45) is 2.76. The predicted octanol–water partition coefficient (Wildman–Crippen LogP) is 5.08. The highest BCUT2D eigenvalue weighted by molar-refractivity contribution is 6.35. The number of ether oxygens (including phenoxy) is 2. The lowest BCUT2D eigenvalue weighted by atomic mass is 10.1. The summed E-state index contributed by atoms with van der Waals surface area (Å²) >= 11 is 12.1. The second-order valence-electron chi connectivity index (χ2n) is 8.54. The largest absolute Gasteiger partial charge is 0.504 e.